The van der Waals surface area contributed by atoms with Gasteiger partial charge in [0.05, 0.1) is 12.7 Å². The van der Waals surface area contributed by atoms with Crippen molar-refractivity contribution in [3.05, 3.63) is 0 Å². The highest BCUT2D eigenvalue weighted by atomic mass is 32.2. The summed E-state index contributed by atoms with van der Waals surface area (Å²) in [5.74, 6) is 1.77. The standard InChI is InChI=1S/C21H45O5PS/c1-3-4-5-6-7-8-9-10-11-12-13-14-15-16-17-18-28-20-21(25-2)19-26-27(22,23)24/h21H,3-20H2,1-2H3,(H2,22,23,24). The summed E-state index contributed by atoms with van der Waals surface area (Å²) in [6.45, 7) is 2.21. The van der Waals surface area contributed by atoms with Crippen molar-refractivity contribution in [1.29, 1.82) is 0 Å². The second kappa shape index (κ2) is 20.7. The van der Waals surface area contributed by atoms with Gasteiger partial charge in [0.1, 0.15) is 0 Å². The van der Waals surface area contributed by atoms with Gasteiger partial charge in [-0.2, -0.15) is 11.8 Å². The lowest BCUT2D eigenvalue weighted by Crippen LogP contribution is -2.20. The van der Waals surface area contributed by atoms with Gasteiger partial charge in [0.2, 0.25) is 0 Å². The maximum absolute atomic E-state index is 10.7. The predicted molar refractivity (Wildman–Crippen MR) is 121 cm³/mol. The van der Waals surface area contributed by atoms with Crippen LogP contribution in [0.25, 0.3) is 0 Å². The van der Waals surface area contributed by atoms with E-state index in [9.17, 15) is 4.57 Å². The summed E-state index contributed by atoms with van der Waals surface area (Å²) in [4.78, 5) is 17.4. The number of thioether (sulfide) groups is 1. The van der Waals surface area contributed by atoms with Gasteiger partial charge in [0, 0.05) is 12.9 Å². The second-order valence-corrected chi connectivity index (χ2v) is 10.1. The van der Waals surface area contributed by atoms with Crippen LogP contribution in [-0.2, 0) is 13.8 Å². The third kappa shape index (κ3) is 22.7. The summed E-state index contributed by atoms with van der Waals surface area (Å²) in [5.41, 5.74) is 0. The molecule has 0 aromatic heterocycles. The molecule has 170 valence electrons. The van der Waals surface area contributed by atoms with E-state index in [2.05, 4.69) is 11.4 Å². The lowest BCUT2D eigenvalue weighted by atomic mass is 10.0. The summed E-state index contributed by atoms with van der Waals surface area (Å²) >= 11 is 1.76. The molecule has 0 radical (unpaired) electrons. The molecule has 0 fully saturated rings. The summed E-state index contributed by atoms with van der Waals surface area (Å²) in [6, 6.07) is 0. The van der Waals surface area contributed by atoms with Crippen molar-refractivity contribution in [3.63, 3.8) is 0 Å². The first kappa shape index (κ1) is 28.4. The smallest absolute Gasteiger partial charge is 0.378 e. The van der Waals surface area contributed by atoms with E-state index in [0.717, 1.165) is 5.75 Å². The fraction of sp³-hybridized carbons (Fsp3) is 1.00. The van der Waals surface area contributed by atoms with Crippen LogP contribution in [-0.4, -0.2) is 41.1 Å². The Kier molecular flexibility index (Phi) is 21.0. The fourth-order valence-corrected chi connectivity index (χ4v) is 4.59. The Morgan fingerprint density at radius 3 is 1.61 bits per heavy atom. The molecule has 0 saturated carbocycles. The SMILES string of the molecule is CCCCCCCCCCCCCCCCCSCC(COP(=O)(O)O)OC. The maximum Gasteiger partial charge on any atom is 0.469 e. The van der Waals surface area contributed by atoms with E-state index < -0.39 is 7.82 Å². The number of hydrogen-bond acceptors (Lipinski definition) is 4. The fourth-order valence-electron chi connectivity index (χ4n) is 3.15. The first-order valence-electron chi connectivity index (χ1n) is 11.3. The van der Waals surface area contributed by atoms with Crippen LogP contribution < -0.4 is 0 Å². The van der Waals surface area contributed by atoms with E-state index in [1.54, 1.807) is 18.9 Å². The zero-order valence-corrected chi connectivity index (χ0v) is 20.0. The van der Waals surface area contributed by atoms with Crippen molar-refractivity contribution in [1.82, 2.24) is 0 Å². The molecule has 28 heavy (non-hydrogen) atoms. The highest BCUT2D eigenvalue weighted by molar-refractivity contribution is 7.99. The summed E-state index contributed by atoms with van der Waals surface area (Å²) in [6.07, 6.45) is 20.3. The molecule has 0 aromatic rings. The van der Waals surface area contributed by atoms with Crippen LogP contribution in [0.15, 0.2) is 0 Å². The molecule has 0 aromatic carbocycles. The molecular formula is C21H45O5PS. The largest absolute Gasteiger partial charge is 0.469 e. The van der Waals surface area contributed by atoms with Gasteiger partial charge in [-0.15, -0.1) is 0 Å². The number of unbranched alkanes of at least 4 members (excludes halogenated alkanes) is 14. The lowest BCUT2D eigenvalue weighted by Gasteiger charge is -2.15. The average molecular weight is 441 g/mol. The zero-order valence-electron chi connectivity index (χ0n) is 18.3. The third-order valence-electron chi connectivity index (χ3n) is 4.96. The molecule has 0 saturated heterocycles. The van der Waals surface area contributed by atoms with Crippen LogP contribution in [0.4, 0.5) is 0 Å². The summed E-state index contributed by atoms with van der Waals surface area (Å²) < 4.78 is 20.4. The van der Waals surface area contributed by atoms with E-state index in [4.69, 9.17) is 14.5 Å². The minimum atomic E-state index is -4.40. The quantitative estimate of drug-likeness (QED) is 0.144. The van der Waals surface area contributed by atoms with Gasteiger partial charge in [-0.3, -0.25) is 4.52 Å². The first-order chi connectivity index (χ1) is 13.5. The van der Waals surface area contributed by atoms with Crippen molar-refractivity contribution in [2.75, 3.05) is 25.2 Å². The number of methoxy groups -OCH3 is 1. The Labute approximate surface area is 178 Å². The van der Waals surface area contributed by atoms with Crippen LogP contribution >= 0.6 is 19.6 Å². The van der Waals surface area contributed by atoms with Crippen molar-refractivity contribution >= 4 is 19.6 Å². The Hall–Kier alpha value is 0.420. The van der Waals surface area contributed by atoms with E-state index >= 15 is 0 Å². The van der Waals surface area contributed by atoms with Crippen LogP contribution in [0.3, 0.4) is 0 Å². The molecule has 0 rings (SSSR count). The van der Waals surface area contributed by atoms with Gasteiger partial charge in [0.25, 0.3) is 0 Å². The molecule has 1 atom stereocenters. The topological polar surface area (TPSA) is 76.0 Å². The molecule has 7 heteroatoms. The van der Waals surface area contributed by atoms with Crippen molar-refractivity contribution < 1.29 is 23.6 Å². The lowest BCUT2D eigenvalue weighted by molar-refractivity contribution is 0.0605. The maximum atomic E-state index is 10.7. The molecule has 0 aliphatic carbocycles. The number of rotatable bonds is 22. The van der Waals surface area contributed by atoms with Gasteiger partial charge in [-0.05, 0) is 12.2 Å². The van der Waals surface area contributed by atoms with E-state index in [1.165, 1.54) is 96.3 Å². The number of phosphoric acid groups is 1. The molecule has 0 amide bonds. The molecule has 0 spiro atoms. The average Bonchev–Trinajstić information content (AvgIpc) is 2.65. The Balaban J connectivity index is 3.24. The molecule has 0 aliphatic rings. The molecule has 0 aliphatic heterocycles. The summed E-state index contributed by atoms with van der Waals surface area (Å²) in [5, 5.41) is 0. The van der Waals surface area contributed by atoms with Gasteiger partial charge >= 0.3 is 7.82 Å². The minimum Gasteiger partial charge on any atom is -0.378 e. The number of hydrogen-bond donors (Lipinski definition) is 2. The van der Waals surface area contributed by atoms with Crippen LogP contribution in [0.1, 0.15) is 103 Å². The van der Waals surface area contributed by atoms with Crippen molar-refractivity contribution in [3.8, 4) is 0 Å². The zero-order chi connectivity index (χ0) is 20.9. The Morgan fingerprint density at radius 2 is 1.21 bits per heavy atom. The Bertz CT molecular complexity index is 365. The van der Waals surface area contributed by atoms with Gasteiger partial charge in [0.15, 0.2) is 0 Å². The van der Waals surface area contributed by atoms with E-state index in [1.807, 2.05) is 0 Å². The van der Waals surface area contributed by atoms with Crippen molar-refractivity contribution in [2.45, 2.75) is 109 Å². The summed E-state index contributed by atoms with van der Waals surface area (Å²) in [7, 11) is -2.86. The molecule has 2 N–H and O–H groups in total. The van der Waals surface area contributed by atoms with Crippen LogP contribution in [0.5, 0.6) is 0 Å². The molecular weight excluding hydrogens is 395 g/mol. The van der Waals surface area contributed by atoms with Crippen molar-refractivity contribution in [2.24, 2.45) is 0 Å². The molecule has 0 heterocycles. The minimum absolute atomic E-state index is 0.0629. The third-order valence-corrected chi connectivity index (χ3v) is 6.63. The van der Waals surface area contributed by atoms with Gasteiger partial charge < -0.3 is 14.5 Å². The second-order valence-electron chi connectivity index (χ2n) is 7.67. The van der Waals surface area contributed by atoms with E-state index in [-0.39, 0.29) is 12.7 Å². The highest BCUT2D eigenvalue weighted by Crippen LogP contribution is 2.36. The predicted octanol–water partition coefficient (Wildman–Crippen LogP) is 6.72. The van der Waals surface area contributed by atoms with Gasteiger partial charge in [-0.25, -0.2) is 4.57 Å². The van der Waals surface area contributed by atoms with Gasteiger partial charge in [-0.1, -0.05) is 96.8 Å². The highest BCUT2D eigenvalue weighted by Gasteiger charge is 2.17. The molecule has 1 unspecified atom stereocenters. The monoisotopic (exact) mass is 440 g/mol. The molecule has 5 nitrogen and oxygen atoms in total. The Morgan fingerprint density at radius 1 is 0.786 bits per heavy atom. The van der Waals surface area contributed by atoms with Crippen LogP contribution in [0, 0.1) is 0 Å². The normalized spacial score (nSPS) is 13.1. The molecule has 0 bridgehead atoms. The van der Waals surface area contributed by atoms with Crippen LogP contribution in [0.2, 0.25) is 0 Å². The number of phosphoric ester groups is 1. The van der Waals surface area contributed by atoms with E-state index in [0.29, 0.717) is 5.75 Å². The first-order valence-corrected chi connectivity index (χ1v) is 14.0. The number of ether oxygens (including phenoxy) is 1.